The van der Waals surface area contributed by atoms with Gasteiger partial charge in [0.05, 0.1) is 6.42 Å². The van der Waals surface area contributed by atoms with Crippen LogP contribution in [-0.4, -0.2) is 11.9 Å². The number of cyclic esters (lactones) is 2. The van der Waals surface area contributed by atoms with Gasteiger partial charge in [0.25, 0.3) is 0 Å². The van der Waals surface area contributed by atoms with Crippen LogP contribution in [0.15, 0.2) is 0 Å². The molecule has 1 rings (SSSR count). The van der Waals surface area contributed by atoms with Crippen molar-refractivity contribution in [3.8, 4) is 11.8 Å². The maximum absolute atomic E-state index is 11.2. The third-order valence-corrected chi connectivity index (χ3v) is 4.30. The van der Waals surface area contributed by atoms with Crippen LogP contribution in [-0.2, 0) is 14.3 Å². The zero-order chi connectivity index (χ0) is 16.8. The highest BCUT2D eigenvalue weighted by molar-refractivity contribution is 5.96. The van der Waals surface area contributed by atoms with Crippen LogP contribution in [0.1, 0.15) is 96.8 Å². The maximum atomic E-state index is 11.2. The van der Waals surface area contributed by atoms with Gasteiger partial charge in [-0.3, -0.25) is 9.59 Å². The quantitative estimate of drug-likeness (QED) is 0.216. The lowest BCUT2D eigenvalue weighted by molar-refractivity contribution is -0.152. The van der Waals surface area contributed by atoms with Gasteiger partial charge in [-0.25, -0.2) is 0 Å². The van der Waals surface area contributed by atoms with E-state index >= 15 is 0 Å². The molecule has 1 heterocycles. The average Bonchev–Trinajstić information content (AvgIpc) is 2.85. The van der Waals surface area contributed by atoms with Gasteiger partial charge in [-0.2, -0.15) is 0 Å². The fourth-order valence-corrected chi connectivity index (χ4v) is 2.83. The molecular weight excluding hydrogens is 288 g/mol. The highest BCUT2D eigenvalue weighted by Crippen LogP contribution is 2.15. The average molecular weight is 320 g/mol. The summed E-state index contributed by atoms with van der Waals surface area (Å²) in [5.41, 5.74) is 0. The molecule has 0 aromatic carbocycles. The molecule has 0 amide bonds. The topological polar surface area (TPSA) is 43.4 Å². The third-order valence-electron chi connectivity index (χ3n) is 4.30. The summed E-state index contributed by atoms with van der Waals surface area (Å²) in [7, 11) is 0. The van der Waals surface area contributed by atoms with Crippen molar-refractivity contribution in [3.63, 3.8) is 0 Å². The summed E-state index contributed by atoms with van der Waals surface area (Å²) in [5.74, 6) is 4.43. The van der Waals surface area contributed by atoms with E-state index in [4.69, 9.17) is 0 Å². The van der Waals surface area contributed by atoms with Gasteiger partial charge < -0.3 is 4.74 Å². The van der Waals surface area contributed by atoms with Gasteiger partial charge in [-0.1, -0.05) is 83.5 Å². The second-order valence-electron chi connectivity index (χ2n) is 6.51. The van der Waals surface area contributed by atoms with Crippen molar-refractivity contribution in [1.82, 2.24) is 0 Å². The molecule has 23 heavy (non-hydrogen) atoms. The number of carbonyl (C=O) groups excluding carboxylic acids is 2. The molecule has 0 aromatic rings. The molecule has 0 N–H and O–H groups in total. The number of carbonyl (C=O) groups is 2. The SMILES string of the molecule is CCCCCCCCCCCCCCC#CC1CC(=O)OC1=O. The minimum Gasteiger partial charge on any atom is -0.392 e. The zero-order valence-corrected chi connectivity index (χ0v) is 14.7. The van der Waals surface area contributed by atoms with Gasteiger partial charge in [0.1, 0.15) is 5.92 Å². The van der Waals surface area contributed by atoms with Gasteiger partial charge in [-0.05, 0) is 6.42 Å². The lowest BCUT2D eigenvalue weighted by Crippen LogP contribution is -2.04. The lowest BCUT2D eigenvalue weighted by Gasteiger charge is -2.02. The number of hydrogen-bond acceptors (Lipinski definition) is 3. The van der Waals surface area contributed by atoms with Crippen LogP contribution in [0, 0.1) is 17.8 Å². The molecular formula is C20H32O3. The van der Waals surface area contributed by atoms with E-state index in [-0.39, 0.29) is 6.42 Å². The lowest BCUT2D eigenvalue weighted by atomic mass is 10.0. The fraction of sp³-hybridized carbons (Fsp3) is 0.800. The van der Waals surface area contributed by atoms with E-state index in [2.05, 4.69) is 23.5 Å². The van der Waals surface area contributed by atoms with Crippen molar-refractivity contribution in [2.75, 3.05) is 0 Å². The van der Waals surface area contributed by atoms with Gasteiger partial charge in [-0.15, -0.1) is 5.92 Å². The molecule has 0 bridgehead atoms. The highest BCUT2D eigenvalue weighted by Gasteiger charge is 2.31. The Balaban J connectivity index is 1.83. The molecule has 1 aliphatic heterocycles. The van der Waals surface area contributed by atoms with Crippen molar-refractivity contribution in [1.29, 1.82) is 0 Å². The summed E-state index contributed by atoms with van der Waals surface area (Å²) in [6.07, 6.45) is 16.9. The van der Waals surface area contributed by atoms with E-state index in [1.807, 2.05) is 0 Å². The van der Waals surface area contributed by atoms with E-state index in [0.717, 1.165) is 12.8 Å². The second kappa shape index (κ2) is 13.2. The zero-order valence-electron chi connectivity index (χ0n) is 14.7. The minimum atomic E-state index is -0.514. The number of unbranched alkanes of at least 4 members (excludes halogenated alkanes) is 12. The summed E-state index contributed by atoms with van der Waals surface area (Å²) < 4.78 is 4.46. The Morgan fingerprint density at radius 3 is 1.87 bits per heavy atom. The molecule has 0 aromatic heterocycles. The Morgan fingerprint density at radius 2 is 1.39 bits per heavy atom. The van der Waals surface area contributed by atoms with Crippen LogP contribution in [0.4, 0.5) is 0 Å². The van der Waals surface area contributed by atoms with Crippen LogP contribution in [0.5, 0.6) is 0 Å². The summed E-state index contributed by atoms with van der Waals surface area (Å²) in [4.78, 5) is 22.1. The van der Waals surface area contributed by atoms with E-state index in [1.165, 1.54) is 70.6 Å². The Labute approximate surface area is 141 Å². The molecule has 1 atom stereocenters. The van der Waals surface area contributed by atoms with Crippen molar-refractivity contribution >= 4 is 11.9 Å². The number of rotatable bonds is 12. The summed E-state index contributed by atoms with van der Waals surface area (Å²) in [5, 5.41) is 0. The van der Waals surface area contributed by atoms with E-state index < -0.39 is 17.9 Å². The first kappa shape index (κ1) is 19.7. The first-order valence-corrected chi connectivity index (χ1v) is 9.47. The molecule has 0 radical (unpaired) electrons. The molecule has 1 unspecified atom stereocenters. The Bertz CT molecular complexity index is 403. The molecule has 3 nitrogen and oxygen atoms in total. The molecule has 1 saturated heterocycles. The predicted octanol–water partition coefficient (Wildman–Crippen LogP) is 5.17. The predicted molar refractivity (Wildman–Crippen MR) is 92.7 cm³/mol. The third kappa shape index (κ3) is 10.2. The number of hydrogen-bond donors (Lipinski definition) is 0. The molecule has 1 aliphatic rings. The number of esters is 2. The van der Waals surface area contributed by atoms with Crippen LogP contribution in [0.2, 0.25) is 0 Å². The van der Waals surface area contributed by atoms with Crippen molar-refractivity contribution in [3.05, 3.63) is 0 Å². The molecule has 3 heteroatoms. The van der Waals surface area contributed by atoms with Gasteiger partial charge in [0.15, 0.2) is 0 Å². The molecule has 0 spiro atoms. The van der Waals surface area contributed by atoms with Crippen molar-refractivity contribution < 1.29 is 14.3 Å². The molecule has 1 fully saturated rings. The smallest absolute Gasteiger partial charge is 0.329 e. The monoisotopic (exact) mass is 320 g/mol. The minimum absolute atomic E-state index is 0.129. The van der Waals surface area contributed by atoms with Crippen molar-refractivity contribution in [2.24, 2.45) is 5.92 Å². The summed E-state index contributed by atoms with van der Waals surface area (Å²) in [6.45, 7) is 2.26. The van der Waals surface area contributed by atoms with E-state index in [1.54, 1.807) is 0 Å². The second-order valence-corrected chi connectivity index (χ2v) is 6.51. The Kier molecular flexibility index (Phi) is 11.3. The first-order valence-electron chi connectivity index (χ1n) is 9.47. The van der Waals surface area contributed by atoms with E-state index in [0.29, 0.717) is 0 Å². The standard InChI is InChI=1S/C20H32O3/c1-2-3-4-5-6-7-8-9-10-11-12-13-14-15-16-18-17-19(21)23-20(18)22/h18H,2-14,17H2,1H3. The Morgan fingerprint density at radius 1 is 0.870 bits per heavy atom. The van der Waals surface area contributed by atoms with Crippen LogP contribution >= 0.6 is 0 Å². The van der Waals surface area contributed by atoms with Crippen LogP contribution < -0.4 is 0 Å². The molecule has 130 valence electrons. The Hall–Kier alpha value is -1.30. The highest BCUT2D eigenvalue weighted by atomic mass is 16.6. The largest absolute Gasteiger partial charge is 0.392 e. The van der Waals surface area contributed by atoms with Gasteiger partial charge >= 0.3 is 11.9 Å². The molecule has 0 saturated carbocycles. The number of ether oxygens (including phenoxy) is 1. The summed E-state index contributed by atoms with van der Waals surface area (Å²) >= 11 is 0. The first-order chi connectivity index (χ1) is 11.2. The molecule has 0 aliphatic carbocycles. The van der Waals surface area contributed by atoms with E-state index in [9.17, 15) is 9.59 Å². The van der Waals surface area contributed by atoms with Crippen LogP contribution in [0.3, 0.4) is 0 Å². The summed E-state index contributed by atoms with van der Waals surface area (Å²) in [6, 6.07) is 0. The maximum Gasteiger partial charge on any atom is 0.329 e. The fourth-order valence-electron chi connectivity index (χ4n) is 2.83. The van der Waals surface area contributed by atoms with Gasteiger partial charge in [0, 0.05) is 6.42 Å². The van der Waals surface area contributed by atoms with Gasteiger partial charge in [0.2, 0.25) is 0 Å². The normalized spacial score (nSPS) is 17.0. The van der Waals surface area contributed by atoms with Crippen LogP contribution in [0.25, 0.3) is 0 Å². The van der Waals surface area contributed by atoms with Crippen molar-refractivity contribution in [2.45, 2.75) is 96.8 Å².